The van der Waals surface area contributed by atoms with Crippen LogP contribution in [0.15, 0.2) is 29.1 Å². The van der Waals surface area contributed by atoms with Crippen LogP contribution in [0.4, 0.5) is 0 Å². The number of H-pyrrole nitrogens is 1. The Hall–Kier alpha value is -2.78. The maximum Gasteiger partial charge on any atom is 0.258 e. The molecule has 0 bridgehead atoms. The van der Waals surface area contributed by atoms with E-state index in [-0.39, 0.29) is 11.6 Å². The SMILES string of the molecule is CCC[NH+]1CC[NH+]([C@@H](c2cc3cc(OCC)ccc3[nH]c2=O)c2nnnn2C2CCCCC2)CC1. The summed E-state index contributed by atoms with van der Waals surface area (Å²) in [5.41, 5.74) is 1.51. The van der Waals surface area contributed by atoms with Crippen molar-refractivity contribution in [2.24, 2.45) is 0 Å². The van der Waals surface area contributed by atoms with Crippen molar-refractivity contribution in [1.29, 1.82) is 0 Å². The molecule has 1 saturated carbocycles. The van der Waals surface area contributed by atoms with Crippen molar-refractivity contribution in [3.05, 3.63) is 46.0 Å². The quantitative estimate of drug-likeness (QED) is 0.440. The zero-order chi connectivity index (χ0) is 24.2. The largest absolute Gasteiger partial charge is 0.494 e. The van der Waals surface area contributed by atoms with Crippen LogP contribution in [0, 0.1) is 0 Å². The Morgan fingerprint density at radius 3 is 2.66 bits per heavy atom. The van der Waals surface area contributed by atoms with Crippen LogP contribution in [0.5, 0.6) is 5.75 Å². The second-order valence-corrected chi connectivity index (χ2v) is 10.1. The van der Waals surface area contributed by atoms with Gasteiger partial charge in [-0.05, 0) is 60.9 Å². The normalized spacial score (nSPS) is 22.3. The second kappa shape index (κ2) is 10.9. The van der Waals surface area contributed by atoms with Gasteiger partial charge in [-0.25, -0.2) is 4.68 Å². The van der Waals surface area contributed by atoms with E-state index in [1.165, 1.54) is 37.1 Å². The third-order valence-corrected chi connectivity index (χ3v) is 7.77. The Morgan fingerprint density at radius 1 is 1.11 bits per heavy atom. The molecule has 1 saturated heterocycles. The second-order valence-electron chi connectivity index (χ2n) is 10.1. The van der Waals surface area contributed by atoms with Gasteiger partial charge >= 0.3 is 0 Å². The fraction of sp³-hybridized carbons (Fsp3) is 0.615. The molecule has 9 nitrogen and oxygen atoms in total. The molecule has 3 aromatic rings. The minimum Gasteiger partial charge on any atom is -0.494 e. The highest BCUT2D eigenvalue weighted by Gasteiger charge is 2.38. The van der Waals surface area contributed by atoms with Crippen molar-refractivity contribution in [3.8, 4) is 5.75 Å². The summed E-state index contributed by atoms with van der Waals surface area (Å²) in [4.78, 5) is 19.7. The summed E-state index contributed by atoms with van der Waals surface area (Å²) in [5.74, 6) is 1.64. The Bertz CT molecular complexity index is 1180. The van der Waals surface area contributed by atoms with Crippen LogP contribution in [-0.4, -0.2) is 64.5 Å². The summed E-state index contributed by atoms with van der Waals surface area (Å²) in [6, 6.07) is 8.00. The molecule has 0 unspecified atom stereocenters. The molecule has 0 amide bonds. The average Bonchev–Trinajstić information content (AvgIpc) is 3.36. The van der Waals surface area contributed by atoms with Crippen molar-refractivity contribution >= 4 is 10.9 Å². The number of nitrogens with zero attached hydrogens (tertiary/aromatic N) is 4. The maximum absolute atomic E-state index is 13.5. The van der Waals surface area contributed by atoms with E-state index in [1.54, 1.807) is 4.90 Å². The van der Waals surface area contributed by atoms with Crippen LogP contribution >= 0.6 is 0 Å². The van der Waals surface area contributed by atoms with E-state index in [4.69, 9.17) is 4.74 Å². The number of piperazine rings is 1. The van der Waals surface area contributed by atoms with Crippen molar-refractivity contribution in [1.82, 2.24) is 25.2 Å². The lowest BCUT2D eigenvalue weighted by Crippen LogP contribution is -3.28. The van der Waals surface area contributed by atoms with Gasteiger partial charge < -0.3 is 19.5 Å². The highest BCUT2D eigenvalue weighted by molar-refractivity contribution is 5.80. The smallest absolute Gasteiger partial charge is 0.258 e. The van der Waals surface area contributed by atoms with Crippen LogP contribution in [0.2, 0.25) is 0 Å². The molecule has 2 aliphatic rings. The molecule has 1 atom stereocenters. The first kappa shape index (κ1) is 23.9. The van der Waals surface area contributed by atoms with Crippen LogP contribution in [0.25, 0.3) is 10.9 Å². The van der Waals surface area contributed by atoms with Gasteiger partial charge in [-0.1, -0.05) is 26.2 Å². The number of tetrazole rings is 1. The minimum atomic E-state index is -0.195. The number of nitrogens with one attached hydrogen (secondary N) is 3. The molecule has 1 aromatic carbocycles. The highest BCUT2D eigenvalue weighted by Crippen LogP contribution is 2.30. The molecule has 2 fully saturated rings. The number of aromatic nitrogens is 5. The molecular formula is C26H39N7O2+2. The maximum atomic E-state index is 13.5. The summed E-state index contributed by atoms with van der Waals surface area (Å²) in [7, 11) is 0. The monoisotopic (exact) mass is 481 g/mol. The number of ether oxygens (including phenoxy) is 1. The third-order valence-electron chi connectivity index (χ3n) is 7.77. The van der Waals surface area contributed by atoms with Gasteiger partial charge in [-0.15, -0.1) is 5.10 Å². The fourth-order valence-electron chi connectivity index (χ4n) is 6.01. The number of fused-ring (bicyclic) bond motifs is 1. The molecule has 0 radical (unpaired) electrons. The van der Waals surface area contributed by atoms with E-state index < -0.39 is 0 Å². The number of aromatic amines is 1. The molecule has 35 heavy (non-hydrogen) atoms. The van der Waals surface area contributed by atoms with Crippen molar-refractivity contribution < 1.29 is 14.5 Å². The van der Waals surface area contributed by atoms with E-state index in [0.29, 0.717) is 12.6 Å². The Kier molecular flexibility index (Phi) is 7.43. The number of benzene rings is 1. The molecular weight excluding hydrogens is 442 g/mol. The van der Waals surface area contributed by atoms with Crippen LogP contribution in [0.1, 0.15) is 75.8 Å². The summed E-state index contributed by atoms with van der Waals surface area (Å²) >= 11 is 0. The van der Waals surface area contributed by atoms with Gasteiger partial charge in [0.1, 0.15) is 31.9 Å². The van der Waals surface area contributed by atoms with Crippen LogP contribution in [-0.2, 0) is 0 Å². The third kappa shape index (κ3) is 5.11. The zero-order valence-corrected chi connectivity index (χ0v) is 21.1. The first-order valence-corrected chi connectivity index (χ1v) is 13.4. The molecule has 3 heterocycles. The Labute approximate surface area is 206 Å². The molecule has 188 valence electrons. The number of pyridine rings is 1. The lowest BCUT2D eigenvalue weighted by Gasteiger charge is -2.34. The molecule has 1 aliphatic heterocycles. The van der Waals surface area contributed by atoms with Gasteiger partial charge in [0.05, 0.1) is 24.8 Å². The number of hydrogen-bond donors (Lipinski definition) is 3. The Balaban J connectivity index is 1.57. The minimum absolute atomic E-state index is 0.0549. The van der Waals surface area contributed by atoms with Gasteiger partial charge in [0.15, 0.2) is 6.04 Å². The van der Waals surface area contributed by atoms with E-state index in [1.807, 2.05) is 35.9 Å². The zero-order valence-electron chi connectivity index (χ0n) is 21.1. The van der Waals surface area contributed by atoms with Gasteiger partial charge in [-0.2, -0.15) is 0 Å². The van der Waals surface area contributed by atoms with Gasteiger partial charge in [0.25, 0.3) is 5.56 Å². The highest BCUT2D eigenvalue weighted by atomic mass is 16.5. The topological polar surface area (TPSA) is 94.6 Å². The summed E-state index contributed by atoms with van der Waals surface area (Å²) < 4.78 is 7.77. The van der Waals surface area contributed by atoms with Crippen LogP contribution in [0.3, 0.4) is 0 Å². The van der Waals surface area contributed by atoms with E-state index in [2.05, 4.69) is 27.4 Å². The number of quaternary nitrogens is 2. The number of hydrogen-bond acceptors (Lipinski definition) is 5. The van der Waals surface area contributed by atoms with Crippen molar-refractivity contribution in [2.45, 2.75) is 64.5 Å². The van der Waals surface area contributed by atoms with Crippen LogP contribution < -0.4 is 20.1 Å². The van der Waals surface area contributed by atoms with Gasteiger partial charge in [0.2, 0.25) is 5.82 Å². The Morgan fingerprint density at radius 2 is 1.91 bits per heavy atom. The van der Waals surface area contributed by atoms with Crippen molar-refractivity contribution in [2.75, 3.05) is 39.3 Å². The molecule has 3 N–H and O–H groups in total. The summed E-state index contributed by atoms with van der Waals surface area (Å²) in [6.45, 7) is 10.2. The predicted octanol–water partition coefficient (Wildman–Crippen LogP) is 0.701. The fourth-order valence-corrected chi connectivity index (χ4v) is 6.01. The van der Waals surface area contributed by atoms with E-state index in [0.717, 1.165) is 67.1 Å². The molecule has 1 aliphatic carbocycles. The number of rotatable bonds is 8. The van der Waals surface area contributed by atoms with E-state index >= 15 is 0 Å². The van der Waals surface area contributed by atoms with Crippen molar-refractivity contribution in [3.63, 3.8) is 0 Å². The predicted molar refractivity (Wildman–Crippen MR) is 134 cm³/mol. The average molecular weight is 482 g/mol. The first-order valence-electron chi connectivity index (χ1n) is 13.4. The van der Waals surface area contributed by atoms with Gasteiger partial charge in [0, 0.05) is 10.9 Å². The van der Waals surface area contributed by atoms with E-state index in [9.17, 15) is 4.79 Å². The molecule has 2 aromatic heterocycles. The molecule has 0 spiro atoms. The lowest BCUT2D eigenvalue weighted by atomic mass is 9.95. The molecule has 5 rings (SSSR count). The van der Waals surface area contributed by atoms with Gasteiger partial charge in [-0.3, -0.25) is 4.79 Å². The molecule has 9 heteroatoms. The summed E-state index contributed by atoms with van der Waals surface area (Å²) in [5, 5.41) is 14.1. The summed E-state index contributed by atoms with van der Waals surface area (Å²) in [6.07, 6.45) is 7.08. The first-order chi connectivity index (χ1) is 17.2. The standard InChI is InChI=1S/C26H37N7O2/c1-3-12-31-13-15-32(16-14-31)24(25-28-29-30-33(25)20-8-6-5-7-9-20)22-18-19-17-21(35-4-2)10-11-23(19)27-26(22)34/h10-11,17-18,20,24H,3-9,12-16H2,1-2H3,(H,27,34)/p+2/t24-/m0/s1. The lowest BCUT2D eigenvalue weighted by molar-refractivity contribution is -1.02.